The van der Waals surface area contributed by atoms with Crippen molar-refractivity contribution in [3.05, 3.63) is 28.6 Å². The second-order valence-electron chi connectivity index (χ2n) is 4.20. The van der Waals surface area contributed by atoms with Gasteiger partial charge >= 0.3 is 0 Å². The molecule has 3 rings (SSSR count). The minimum atomic E-state index is -2.90. The second-order valence-corrected chi connectivity index (χ2v) is 7.24. The molecule has 1 fully saturated rings. The standard InChI is InChI=1S/C10H10BrN3O2S/c11-8-2-1-3-9-12-13-10(14(8)9)7-4-5-17(15,16)6-7/h1-3,7H,4-6H2. The summed E-state index contributed by atoms with van der Waals surface area (Å²) in [6.07, 6.45) is 0.629. The first-order valence-electron chi connectivity index (χ1n) is 5.27. The van der Waals surface area contributed by atoms with Crippen molar-refractivity contribution in [1.82, 2.24) is 14.6 Å². The summed E-state index contributed by atoms with van der Waals surface area (Å²) < 4.78 is 25.7. The van der Waals surface area contributed by atoms with Crippen molar-refractivity contribution in [2.24, 2.45) is 0 Å². The van der Waals surface area contributed by atoms with Crippen LogP contribution in [0.4, 0.5) is 0 Å². The zero-order valence-electron chi connectivity index (χ0n) is 8.88. The molecule has 2 aromatic heterocycles. The van der Waals surface area contributed by atoms with Crippen LogP contribution in [0.15, 0.2) is 22.8 Å². The van der Waals surface area contributed by atoms with Crippen LogP contribution in [0.2, 0.25) is 0 Å². The first-order valence-corrected chi connectivity index (χ1v) is 7.88. The van der Waals surface area contributed by atoms with Gasteiger partial charge in [-0.2, -0.15) is 0 Å². The van der Waals surface area contributed by atoms with Crippen molar-refractivity contribution in [2.75, 3.05) is 11.5 Å². The van der Waals surface area contributed by atoms with Gasteiger partial charge in [-0.25, -0.2) is 8.42 Å². The van der Waals surface area contributed by atoms with Crippen LogP contribution in [0.5, 0.6) is 0 Å². The van der Waals surface area contributed by atoms with E-state index in [0.29, 0.717) is 6.42 Å². The van der Waals surface area contributed by atoms with Gasteiger partial charge in [-0.3, -0.25) is 4.40 Å². The third-order valence-corrected chi connectivity index (χ3v) is 5.39. The lowest BCUT2D eigenvalue weighted by molar-refractivity contribution is 0.601. The summed E-state index contributed by atoms with van der Waals surface area (Å²) >= 11 is 3.44. The number of pyridine rings is 1. The molecule has 0 amide bonds. The average molecular weight is 316 g/mol. The van der Waals surface area contributed by atoms with Gasteiger partial charge in [0.25, 0.3) is 0 Å². The van der Waals surface area contributed by atoms with Crippen LogP contribution >= 0.6 is 15.9 Å². The van der Waals surface area contributed by atoms with Gasteiger partial charge in [0.05, 0.1) is 16.1 Å². The third kappa shape index (κ3) is 1.87. The highest BCUT2D eigenvalue weighted by molar-refractivity contribution is 9.10. The Labute approximate surface area is 107 Å². The van der Waals surface area contributed by atoms with Crippen molar-refractivity contribution < 1.29 is 8.42 Å². The molecule has 0 aromatic carbocycles. The number of hydrogen-bond donors (Lipinski definition) is 0. The quantitative estimate of drug-likeness (QED) is 0.746. The molecule has 2 aromatic rings. The molecule has 1 saturated heterocycles. The predicted octanol–water partition coefficient (Wildman–Crippen LogP) is 1.39. The molecule has 7 heteroatoms. The molecule has 17 heavy (non-hydrogen) atoms. The van der Waals surface area contributed by atoms with Crippen molar-refractivity contribution in [2.45, 2.75) is 12.3 Å². The highest BCUT2D eigenvalue weighted by Crippen LogP contribution is 2.29. The van der Waals surface area contributed by atoms with E-state index in [9.17, 15) is 8.42 Å². The predicted molar refractivity (Wildman–Crippen MR) is 66.7 cm³/mol. The number of hydrogen-bond acceptors (Lipinski definition) is 4. The lowest BCUT2D eigenvalue weighted by atomic mass is 10.1. The van der Waals surface area contributed by atoms with Crippen LogP contribution in [0.25, 0.3) is 5.65 Å². The van der Waals surface area contributed by atoms with Crippen molar-refractivity contribution in [1.29, 1.82) is 0 Å². The molecule has 1 aliphatic heterocycles. The van der Waals surface area contributed by atoms with Gasteiger partial charge in [0.1, 0.15) is 5.82 Å². The summed E-state index contributed by atoms with van der Waals surface area (Å²) in [7, 11) is -2.90. The molecule has 0 saturated carbocycles. The van der Waals surface area contributed by atoms with Crippen LogP contribution < -0.4 is 0 Å². The number of sulfone groups is 1. The monoisotopic (exact) mass is 315 g/mol. The van der Waals surface area contributed by atoms with Crippen LogP contribution in [0.3, 0.4) is 0 Å². The zero-order chi connectivity index (χ0) is 12.0. The smallest absolute Gasteiger partial charge is 0.161 e. The highest BCUT2D eigenvalue weighted by Gasteiger charge is 2.32. The summed E-state index contributed by atoms with van der Waals surface area (Å²) in [5, 5.41) is 8.18. The third-order valence-electron chi connectivity index (χ3n) is 3.00. The summed E-state index contributed by atoms with van der Waals surface area (Å²) in [5.74, 6) is 1.11. The van der Waals surface area contributed by atoms with Crippen molar-refractivity contribution in [3.63, 3.8) is 0 Å². The second kappa shape index (κ2) is 3.78. The van der Waals surface area contributed by atoms with Crippen LogP contribution in [-0.4, -0.2) is 34.5 Å². The molecular formula is C10H10BrN3O2S. The Morgan fingerprint density at radius 3 is 2.88 bits per heavy atom. The number of rotatable bonds is 1. The van der Waals surface area contributed by atoms with Gasteiger partial charge < -0.3 is 0 Å². The molecule has 0 radical (unpaired) electrons. The average Bonchev–Trinajstić information content (AvgIpc) is 2.82. The number of halogens is 1. The zero-order valence-corrected chi connectivity index (χ0v) is 11.3. The van der Waals surface area contributed by atoms with Gasteiger partial charge in [0.15, 0.2) is 15.5 Å². The Morgan fingerprint density at radius 2 is 2.18 bits per heavy atom. The maximum Gasteiger partial charge on any atom is 0.161 e. The summed E-state index contributed by atoms with van der Waals surface area (Å²) in [4.78, 5) is 0. The molecule has 5 nitrogen and oxygen atoms in total. The normalized spacial score (nSPS) is 23.2. The number of nitrogens with zero attached hydrogens (tertiary/aromatic N) is 3. The van der Waals surface area contributed by atoms with E-state index in [1.807, 2.05) is 22.6 Å². The van der Waals surface area contributed by atoms with Gasteiger partial charge in [0.2, 0.25) is 0 Å². The first-order chi connectivity index (χ1) is 8.07. The Kier molecular flexibility index (Phi) is 2.48. The topological polar surface area (TPSA) is 64.3 Å². The van der Waals surface area contributed by atoms with E-state index in [-0.39, 0.29) is 17.4 Å². The SMILES string of the molecule is O=S1(=O)CCC(c2nnc3cccc(Br)n23)C1. The van der Waals surface area contributed by atoms with Gasteiger partial charge in [-0.1, -0.05) is 6.07 Å². The Balaban J connectivity index is 2.13. The van der Waals surface area contributed by atoms with Crippen LogP contribution in [0.1, 0.15) is 18.2 Å². The fourth-order valence-electron chi connectivity index (χ4n) is 2.19. The highest BCUT2D eigenvalue weighted by atomic mass is 79.9. The van der Waals surface area contributed by atoms with Crippen LogP contribution in [0, 0.1) is 0 Å². The molecule has 1 atom stereocenters. The lowest BCUT2D eigenvalue weighted by Crippen LogP contribution is -2.07. The fourth-order valence-corrected chi connectivity index (χ4v) is 4.44. The van der Waals surface area contributed by atoms with Crippen molar-refractivity contribution >= 4 is 31.4 Å². The number of aromatic nitrogens is 3. The van der Waals surface area contributed by atoms with E-state index >= 15 is 0 Å². The van der Waals surface area contributed by atoms with Gasteiger partial charge in [0, 0.05) is 5.92 Å². The largest absolute Gasteiger partial charge is 0.273 e. The van der Waals surface area contributed by atoms with Gasteiger partial charge in [-0.15, -0.1) is 10.2 Å². The molecule has 1 unspecified atom stereocenters. The Hall–Kier alpha value is -0.950. The van der Waals surface area contributed by atoms with Gasteiger partial charge in [-0.05, 0) is 34.5 Å². The molecule has 0 aliphatic carbocycles. The molecular weight excluding hydrogens is 306 g/mol. The fraction of sp³-hybridized carbons (Fsp3) is 0.400. The summed E-state index contributed by atoms with van der Waals surface area (Å²) in [5.41, 5.74) is 0.735. The van der Waals surface area contributed by atoms with E-state index in [4.69, 9.17) is 0 Å². The molecule has 0 bridgehead atoms. The van der Waals surface area contributed by atoms with E-state index in [0.717, 1.165) is 16.1 Å². The maximum absolute atomic E-state index is 11.5. The minimum Gasteiger partial charge on any atom is -0.273 e. The van der Waals surface area contributed by atoms with E-state index in [2.05, 4.69) is 26.1 Å². The first kappa shape index (κ1) is 11.2. The molecule has 0 N–H and O–H groups in total. The summed E-state index contributed by atoms with van der Waals surface area (Å²) in [6, 6.07) is 5.62. The van der Waals surface area contributed by atoms with E-state index < -0.39 is 9.84 Å². The van der Waals surface area contributed by atoms with E-state index in [1.165, 1.54) is 0 Å². The minimum absolute atomic E-state index is 0.0475. The molecule has 90 valence electrons. The molecule has 3 heterocycles. The maximum atomic E-state index is 11.5. The Bertz CT molecular complexity index is 680. The molecule has 0 spiro atoms. The Morgan fingerprint density at radius 1 is 1.35 bits per heavy atom. The summed E-state index contributed by atoms with van der Waals surface area (Å²) in [6.45, 7) is 0. The van der Waals surface area contributed by atoms with E-state index in [1.54, 1.807) is 0 Å². The van der Waals surface area contributed by atoms with Crippen molar-refractivity contribution in [3.8, 4) is 0 Å². The number of fused-ring (bicyclic) bond motifs is 1. The molecule has 1 aliphatic rings. The van der Waals surface area contributed by atoms with Crippen LogP contribution in [-0.2, 0) is 9.84 Å². The lowest BCUT2D eigenvalue weighted by Gasteiger charge is -2.06.